The molecule has 4 nitrogen and oxygen atoms in total. The Labute approximate surface area is 148 Å². The van der Waals surface area contributed by atoms with Crippen molar-refractivity contribution >= 4 is 23.2 Å². The summed E-state index contributed by atoms with van der Waals surface area (Å²) in [4.78, 5) is 26.9. The Hall–Kier alpha value is -2.62. The van der Waals surface area contributed by atoms with Crippen LogP contribution in [0.4, 0.5) is 11.4 Å². The average molecular weight is 336 g/mol. The normalized spacial score (nSPS) is 14.0. The second kappa shape index (κ2) is 6.71. The fourth-order valence-corrected chi connectivity index (χ4v) is 3.29. The highest BCUT2D eigenvalue weighted by Crippen LogP contribution is 2.30. The topological polar surface area (TPSA) is 49.4 Å². The molecule has 1 aliphatic rings. The molecule has 2 aromatic rings. The summed E-state index contributed by atoms with van der Waals surface area (Å²) in [6.45, 7) is 6.83. The van der Waals surface area contributed by atoms with Gasteiger partial charge in [0.15, 0.2) is 0 Å². The Kier molecular flexibility index (Phi) is 4.62. The molecule has 2 amide bonds. The SMILES string of the molecule is CC(C)(C)c1ccccc1NC(=O)C(=O)N1CCCc2ccccc21. The van der Waals surface area contributed by atoms with Gasteiger partial charge in [-0.25, -0.2) is 0 Å². The van der Waals surface area contributed by atoms with E-state index in [0.717, 1.165) is 29.7 Å². The second-order valence-electron chi connectivity index (χ2n) is 7.44. The van der Waals surface area contributed by atoms with Crippen LogP contribution in [0.2, 0.25) is 0 Å². The zero-order valence-corrected chi connectivity index (χ0v) is 15.0. The fourth-order valence-electron chi connectivity index (χ4n) is 3.29. The standard InChI is InChI=1S/C21H24N2O2/c1-21(2,3)16-11-5-6-12-17(16)22-19(24)20(25)23-14-8-10-15-9-4-7-13-18(15)23/h4-7,9,11-13H,8,10,14H2,1-3H3,(H,22,24). The van der Waals surface area contributed by atoms with E-state index in [1.54, 1.807) is 4.90 Å². The lowest BCUT2D eigenvalue weighted by molar-refractivity contribution is -0.134. The molecule has 130 valence electrons. The molecule has 2 aromatic carbocycles. The van der Waals surface area contributed by atoms with Gasteiger partial charge in [-0.15, -0.1) is 0 Å². The van der Waals surface area contributed by atoms with Crippen molar-refractivity contribution in [2.45, 2.75) is 39.0 Å². The van der Waals surface area contributed by atoms with Gasteiger partial charge in [0.25, 0.3) is 0 Å². The molecule has 0 radical (unpaired) electrons. The molecular formula is C21H24N2O2. The number of anilines is 2. The maximum absolute atomic E-state index is 12.7. The van der Waals surface area contributed by atoms with E-state index < -0.39 is 11.8 Å². The summed E-state index contributed by atoms with van der Waals surface area (Å²) < 4.78 is 0. The number of rotatable bonds is 1. The van der Waals surface area contributed by atoms with Gasteiger partial charge in [0.05, 0.1) is 0 Å². The number of benzene rings is 2. The van der Waals surface area contributed by atoms with Gasteiger partial charge in [0, 0.05) is 17.9 Å². The van der Waals surface area contributed by atoms with E-state index in [1.165, 1.54) is 0 Å². The van der Waals surface area contributed by atoms with Crippen LogP contribution in [-0.4, -0.2) is 18.4 Å². The number of carbonyl (C=O) groups excluding carboxylic acids is 2. The number of para-hydroxylation sites is 2. The van der Waals surface area contributed by atoms with E-state index in [4.69, 9.17) is 0 Å². The van der Waals surface area contributed by atoms with Gasteiger partial charge in [0.2, 0.25) is 0 Å². The van der Waals surface area contributed by atoms with Crippen molar-refractivity contribution in [3.8, 4) is 0 Å². The number of aryl methyl sites for hydroxylation is 1. The molecular weight excluding hydrogens is 312 g/mol. The van der Waals surface area contributed by atoms with Crippen LogP contribution < -0.4 is 10.2 Å². The predicted molar refractivity (Wildman–Crippen MR) is 101 cm³/mol. The van der Waals surface area contributed by atoms with Crippen molar-refractivity contribution in [1.82, 2.24) is 0 Å². The van der Waals surface area contributed by atoms with Gasteiger partial charge in [0.1, 0.15) is 0 Å². The molecule has 0 fully saturated rings. The predicted octanol–water partition coefficient (Wildman–Crippen LogP) is 3.90. The highest BCUT2D eigenvalue weighted by molar-refractivity contribution is 6.44. The molecule has 3 rings (SSSR count). The molecule has 0 bridgehead atoms. The fraction of sp³-hybridized carbons (Fsp3) is 0.333. The number of nitrogens with one attached hydrogen (secondary N) is 1. The minimum absolute atomic E-state index is 0.120. The third kappa shape index (κ3) is 3.58. The van der Waals surface area contributed by atoms with E-state index in [0.29, 0.717) is 12.2 Å². The number of nitrogens with zero attached hydrogens (tertiary/aromatic N) is 1. The minimum Gasteiger partial charge on any atom is -0.317 e. The van der Waals surface area contributed by atoms with E-state index in [1.807, 2.05) is 48.5 Å². The maximum atomic E-state index is 12.7. The molecule has 0 atom stereocenters. The Morgan fingerprint density at radius 2 is 1.68 bits per heavy atom. The van der Waals surface area contributed by atoms with Crippen LogP contribution in [-0.2, 0) is 21.4 Å². The Morgan fingerprint density at radius 1 is 1.00 bits per heavy atom. The molecule has 0 unspecified atom stereocenters. The summed E-state index contributed by atoms with van der Waals surface area (Å²) in [5, 5.41) is 2.81. The number of carbonyl (C=O) groups is 2. The molecule has 1 N–H and O–H groups in total. The lowest BCUT2D eigenvalue weighted by Gasteiger charge is -2.29. The zero-order chi connectivity index (χ0) is 18.0. The number of hydrogen-bond acceptors (Lipinski definition) is 2. The Balaban J connectivity index is 1.83. The molecule has 0 aromatic heterocycles. The maximum Gasteiger partial charge on any atom is 0.316 e. The first-order valence-corrected chi connectivity index (χ1v) is 8.68. The molecule has 0 saturated heterocycles. The molecule has 1 heterocycles. The van der Waals surface area contributed by atoms with Crippen LogP contribution in [0.25, 0.3) is 0 Å². The third-order valence-electron chi connectivity index (χ3n) is 4.53. The Bertz CT molecular complexity index is 806. The van der Waals surface area contributed by atoms with Crippen molar-refractivity contribution < 1.29 is 9.59 Å². The molecule has 0 saturated carbocycles. The zero-order valence-electron chi connectivity index (χ0n) is 15.0. The molecule has 25 heavy (non-hydrogen) atoms. The van der Waals surface area contributed by atoms with Gasteiger partial charge < -0.3 is 10.2 Å². The molecule has 0 aliphatic carbocycles. The summed E-state index contributed by atoms with van der Waals surface area (Å²) in [6, 6.07) is 15.4. The first kappa shape index (κ1) is 17.2. The Morgan fingerprint density at radius 3 is 2.44 bits per heavy atom. The van der Waals surface area contributed by atoms with E-state index >= 15 is 0 Å². The number of amides is 2. The van der Waals surface area contributed by atoms with Gasteiger partial charge >= 0.3 is 11.8 Å². The van der Waals surface area contributed by atoms with Crippen LogP contribution in [0, 0.1) is 0 Å². The first-order chi connectivity index (χ1) is 11.9. The largest absolute Gasteiger partial charge is 0.317 e. The summed E-state index contributed by atoms with van der Waals surface area (Å²) in [5.41, 5.74) is 3.54. The van der Waals surface area contributed by atoms with Gasteiger partial charge in [-0.05, 0) is 41.5 Å². The number of fused-ring (bicyclic) bond motifs is 1. The number of hydrogen-bond donors (Lipinski definition) is 1. The lowest BCUT2D eigenvalue weighted by atomic mass is 9.86. The van der Waals surface area contributed by atoms with Gasteiger partial charge in [-0.3, -0.25) is 9.59 Å². The minimum atomic E-state index is -0.589. The van der Waals surface area contributed by atoms with Crippen molar-refractivity contribution in [3.05, 3.63) is 59.7 Å². The smallest absolute Gasteiger partial charge is 0.316 e. The molecule has 0 spiro atoms. The average Bonchev–Trinajstić information content (AvgIpc) is 2.60. The van der Waals surface area contributed by atoms with E-state index in [9.17, 15) is 9.59 Å². The van der Waals surface area contributed by atoms with Gasteiger partial charge in [-0.1, -0.05) is 57.2 Å². The second-order valence-corrected chi connectivity index (χ2v) is 7.44. The lowest BCUT2D eigenvalue weighted by Crippen LogP contribution is -2.42. The van der Waals surface area contributed by atoms with Crippen molar-refractivity contribution in [2.75, 3.05) is 16.8 Å². The highest BCUT2D eigenvalue weighted by atomic mass is 16.2. The monoisotopic (exact) mass is 336 g/mol. The van der Waals surface area contributed by atoms with Crippen LogP contribution in [0.3, 0.4) is 0 Å². The van der Waals surface area contributed by atoms with Crippen LogP contribution in [0.15, 0.2) is 48.5 Å². The van der Waals surface area contributed by atoms with E-state index in [-0.39, 0.29) is 5.41 Å². The van der Waals surface area contributed by atoms with Crippen LogP contribution in [0.1, 0.15) is 38.3 Å². The van der Waals surface area contributed by atoms with Crippen LogP contribution in [0.5, 0.6) is 0 Å². The van der Waals surface area contributed by atoms with E-state index in [2.05, 4.69) is 26.1 Å². The third-order valence-corrected chi connectivity index (χ3v) is 4.53. The molecule has 4 heteroatoms. The summed E-state index contributed by atoms with van der Waals surface area (Å²) in [7, 11) is 0. The summed E-state index contributed by atoms with van der Waals surface area (Å²) in [5.74, 6) is -1.09. The molecule has 1 aliphatic heterocycles. The van der Waals surface area contributed by atoms with Crippen molar-refractivity contribution in [1.29, 1.82) is 0 Å². The van der Waals surface area contributed by atoms with Crippen molar-refractivity contribution in [3.63, 3.8) is 0 Å². The van der Waals surface area contributed by atoms with Gasteiger partial charge in [-0.2, -0.15) is 0 Å². The summed E-state index contributed by atoms with van der Waals surface area (Å²) >= 11 is 0. The van der Waals surface area contributed by atoms with Crippen molar-refractivity contribution in [2.24, 2.45) is 0 Å². The first-order valence-electron chi connectivity index (χ1n) is 8.68. The highest BCUT2D eigenvalue weighted by Gasteiger charge is 2.28. The summed E-state index contributed by atoms with van der Waals surface area (Å²) in [6.07, 6.45) is 1.81. The van der Waals surface area contributed by atoms with Crippen LogP contribution >= 0.6 is 0 Å². The quantitative estimate of drug-likeness (QED) is 0.803.